The van der Waals surface area contributed by atoms with Crippen molar-refractivity contribution in [2.75, 3.05) is 0 Å². The van der Waals surface area contributed by atoms with Crippen LogP contribution in [0.2, 0.25) is 0 Å². The average molecular weight is 242 g/mol. The Bertz CT molecular complexity index is 293. The highest BCUT2D eigenvalue weighted by molar-refractivity contribution is 7.99. The number of nitrogens with zero attached hydrogens (tertiary/aromatic N) is 1. The zero-order chi connectivity index (χ0) is 10.5. The van der Waals surface area contributed by atoms with E-state index in [0.29, 0.717) is 6.54 Å². The van der Waals surface area contributed by atoms with Gasteiger partial charge < -0.3 is 5.73 Å². The second-order valence-corrected chi connectivity index (χ2v) is 6.24. The predicted molar refractivity (Wildman–Crippen MR) is 68.2 cm³/mol. The first-order valence-electron chi connectivity index (χ1n) is 5.63. The summed E-state index contributed by atoms with van der Waals surface area (Å²) in [5, 5.41) is 4.20. The van der Waals surface area contributed by atoms with Crippen molar-refractivity contribution in [3.63, 3.8) is 0 Å². The van der Waals surface area contributed by atoms with Gasteiger partial charge in [0.1, 0.15) is 5.01 Å². The Morgan fingerprint density at radius 3 is 2.87 bits per heavy atom. The lowest BCUT2D eigenvalue weighted by atomic mass is 10.0. The molecule has 1 saturated carbocycles. The van der Waals surface area contributed by atoms with E-state index in [-0.39, 0.29) is 0 Å². The molecule has 1 heterocycles. The molecule has 0 unspecified atom stereocenters. The largest absolute Gasteiger partial charge is 0.325 e. The zero-order valence-corrected chi connectivity index (χ0v) is 10.6. The van der Waals surface area contributed by atoms with E-state index < -0.39 is 0 Å². The molecular weight excluding hydrogens is 224 g/mol. The van der Waals surface area contributed by atoms with Crippen LogP contribution in [0.25, 0.3) is 0 Å². The van der Waals surface area contributed by atoms with Crippen molar-refractivity contribution in [2.45, 2.75) is 49.7 Å². The number of thiazole rings is 1. The molecule has 1 aliphatic rings. The molecule has 0 spiro atoms. The molecule has 2 rings (SSSR count). The molecule has 1 aliphatic carbocycles. The molecule has 1 aromatic rings. The molecule has 84 valence electrons. The van der Waals surface area contributed by atoms with E-state index in [1.54, 1.807) is 11.3 Å². The first-order chi connectivity index (χ1) is 7.38. The Morgan fingerprint density at radius 2 is 2.20 bits per heavy atom. The molecule has 15 heavy (non-hydrogen) atoms. The van der Waals surface area contributed by atoms with Crippen LogP contribution in [0.5, 0.6) is 0 Å². The van der Waals surface area contributed by atoms with Crippen LogP contribution in [0.15, 0.2) is 5.38 Å². The van der Waals surface area contributed by atoms with E-state index in [1.165, 1.54) is 37.1 Å². The summed E-state index contributed by atoms with van der Waals surface area (Å²) in [4.78, 5) is 4.49. The monoisotopic (exact) mass is 242 g/mol. The third-order valence-electron chi connectivity index (χ3n) is 2.80. The van der Waals surface area contributed by atoms with Crippen molar-refractivity contribution in [1.82, 2.24) is 4.98 Å². The maximum Gasteiger partial charge on any atom is 0.103 e. The summed E-state index contributed by atoms with van der Waals surface area (Å²) >= 11 is 3.83. The van der Waals surface area contributed by atoms with Crippen LogP contribution in [0.4, 0.5) is 0 Å². The molecule has 0 bridgehead atoms. The van der Waals surface area contributed by atoms with Crippen molar-refractivity contribution in [3.05, 3.63) is 16.1 Å². The Hall–Kier alpha value is -0.0600. The van der Waals surface area contributed by atoms with Crippen molar-refractivity contribution in [2.24, 2.45) is 5.73 Å². The predicted octanol–water partition coefficient (Wildman–Crippen LogP) is 3.17. The molecule has 1 aromatic heterocycles. The van der Waals surface area contributed by atoms with E-state index in [1.807, 2.05) is 0 Å². The van der Waals surface area contributed by atoms with Gasteiger partial charge in [0.25, 0.3) is 0 Å². The van der Waals surface area contributed by atoms with Gasteiger partial charge in [-0.15, -0.1) is 11.3 Å². The van der Waals surface area contributed by atoms with Gasteiger partial charge in [-0.05, 0) is 12.8 Å². The van der Waals surface area contributed by atoms with Gasteiger partial charge >= 0.3 is 0 Å². The van der Waals surface area contributed by atoms with Gasteiger partial charge in [-0.25, -0.2) is 4.98 Å². The molecule has 0 amide bonds. The molecular formula is C11H18N2S2. The van der Waals surface area contributed by atoms with Gasteiger partial charge in [0, 0.05) is 22.9 Å². The Labute approximate surface area is 99.7 Å². The number of aromatic nitrogens is 1. The number of nitrogens with two attached hydrogens (primary N) is 1. The molecule has 0 saturated heterocycles. The number of hydrogen-bond donors (Lipinski definition) is 1. The lowest BCUT2D eigenvalue weighted by molar-refractivity contribution is 0.516. The first kappa shape index (κ1) is 11.4. The minimum atomic E-state index is 0.574. The van der Waals surface area contributed by atoms with Gasteiger partial charge in [0.05, 0.1) is 5.69 Å². The topological polar surface area (TPSA) is 38.9 Å². The Kier molecular flexibility index (Phi) is 4.47. The smallest absolute Gasteiger partial charge is 0.103 e. The zero-order valence-electron chi connectivity index (χ0n) is 8.95. The SMILES string of the molecule is NCc1csc(CSC2CCCCC2)n1. The molecule has 0 aromatic carbocycles. The van der Waals surface area contributed by atoms with Crippen molar-refractivity contribution < 1.29 is 0 Å². The lowest BCUT2D eigenvalue weighted by Gasteiger charge is -2.20. The van der Waals surface area contributed by atoms with Gasteiger partial charge in [-0.3, -0.25) is 0 Å². The highest BCUT2D eigenvalue weighted by Gasteiger charge is 2.14. The average Bonchev–Trinajstić information content (AvgIpc) is 2.76. The van der Waals surface area contributed by atoms with E-state index in [4.69, 9.17) is 5.73 Å². The van der Waals surface area contributed by atoms with Gasteiger partial charge in [-0.1, -0.05) is 19.3 Å². The summed E-state index contributed by atoms with van der Waals surface area (Å²) in [6.45, 7) is 0.574. The van der Waals surface area contributed by atoms with Crippen molar-refractivity contribution in [1.29, 1.82) is 0 Å². The van der Waals surface area contributed by atoms with Crippen LogP contribution in [0.3, 0.4) is 0 Å². The normalized spacial score (nSPS) is 18.2. The summed E-state index contributed by atoms with van der Waals surface area (Å²) in [5.74, 6) is 1.08. The summed E-state index contributed by atoms with van der Waals surface area (Å²) in [7, 11) is 0. The fraction of sp³-hybridized carbons (Fsp3) is 0.727. The van der Waals surface area contributed by atoms with Crippen LogP contribution >= 0.6 is 23.1 Å². The van der Waals surface area contributed by atoms with E-state index in [0.717, 1.165) is 16.7 Å². The summed E-state index contributed by atoms with van der Waals surface area (Å²) in [6.07, 6.45) is 7.08. The molecule has 1 fully saturated rings. The molecule has 2 nitrogen and oxygen atoms in total. The van der Waals surface area contributed by atoms with Crippen LogP contribution in [0.1, 0.15) is 42.8 Å². The van der Waals surface area contributed by atoms with Crippen molar-refractivity contribution in [3.8, 4) is 0 Å². The van der Waals surface area contributed by atoms with Crippen LogP contribution in [0, 0.1) is 0 Å². The Morgan fingerprint density at radius 1 is 1.40 bits per heavy atom. The van der Waals surface area contributed by atoms with E-state index >= 15 is 0 Å². The van der Waals surface area contributed by atoms with E-state index in [2.05, 4.69) is 22.1 Å². The molecule has 0 atom stereocenters. The Balaban J connectivity index is 1.76. The number of hydrogen-bond acceptors (Lipinski definition) is 4. The van der Waals surface area contributed by atoms with Gasteiger partial charge in [-0.2, -0.15) is 11.8 Å². The third kappa shape index (κ3) is 3.47. The van der Waals surface area contributed by atoms with Gasteiger partial charge in [0.15, 0.2) is 0 Å². The van der Waals surface area contributed by atoms with Crippen molar-refractivity contribution >= 4 is 23.1 Å². The van der Waals surface area contributed by atoms with Gasteiger partial charge in [0.2, 0.25) is 0 Å². The fourth-order valence-corrected chi connectivity index (χ4v) is 4.11. The second-order valence-electron chi connectivity index (χ2n) is 4.01. The minimum Gasteiger partial charge on any atom is -0.325 e. The molecule has 2 N–H and O–H groups in total. The quantitative estimate of drug-likeness (QED) is 0.881. The molecule has 0 aliphatic heterocycles. The first-order valence-corrected chi connectivity index (χ1v) is 7.56. The highest BCUT2D eigenvalue weighted by atomic mass is 32.2. The maximum absolute atomic E-state index is 5.54. The number of thioether (sulfide) groups is 1. The fourth-order valence-electron chi connectivity index (χ4n) is 1.93. The summed E-state index contributed by atoms with van der Waals surface area (Å²) < 4.78 is 0. The second kappa shape index (κ2) is 5.87. The standard InChI is InChI=1S/C11H18N2S2/c12-6-9-7-15-11(13-9)8-14-10-4-2-1-3-5-10/h7,10H,1-6,8,12H2. The minimum absolute atomic E-state index is 0.574. The molecule has 0 radical (unpaired) electrons. The lowest BCUT2D eigenvalue weighted by Crippen LogP contribution is -2.08. The summed E-state index contributed by atoms with van der Waals surface area (Å²) in [6, 6.07) is 0. The van der Waals surface area contributed by atoms with Crippen LogP contribution < -0.4 is 5.73 Å². The third-order valence-corrected chi connectivity index (χ3v) is 5.27. The number of rotatable bonds is 4. The van der Waals surface area contributed by atoms with Crippen LogP contribution in [-0.4, -0.2) is 10.2 Å². The molecule has 4 heteroatoms. The highest BCUT2D eigenvalue weighted by Crippen LogP contribution is 2.30. The maximum atomic E-state index is 5.54. The van der Waals surface area contributed by atoms with E-state index in [9.17, 15) is 0 Å². The summed E-state index contributed by atoms with van der Waals surface area (Å²) in [5.41, 5.74) is 6.58. The van der Waals surface area contributed by atoms with Crippen LogP contribution in [-0.2, 0) is 12.3 Å².